The van der Waals surface area contributed by atoms with Crippen LogP contribution in [0.25, 0.3) is 0 Å². The van der Waals surface area contributed by atoms with E-state index in [2.05, 4.69) is 5.32 Å². The zero-order valence-electron chi connectivity index (χ0n) is 13.4. The molecule has 126 valence electrons. The molecule has 23 heavy (non-hydrogen) atoms. The van der Waals surface area contributed by atoms with Crippen molar-refractivity contribution in [3.05, 3.63) is 33.9 Å². The molecule has 1 aliphatic rings. The van der Waals surface area contributed by atoms with Crippen LogP contribution in [-0.4, -0.2) is 46.3 Å². The molecule has 0 saturated carbocycles. The van der Waals surface area contributed by atoms with Crippen molar-refractivity contribution in [3.63, 3.8) is 0 Å². The van der Waals surface area contributed by atoms with Gasteiger partial charge in [0.2, 0.25) is 0 Å². The summed E-state index contributed by atoms with van der Waals surface area (Å²) in [6, 6.07) is 3.25. The third-order valence-corrected chi connectivity index (χ3v) is 3.44. The summed E-state index contributed by atoms with van der Waals surface area (Å²) in [5.74, 6) is -0.0830. The lowest BCUT2D eigenvalue weighted by molar-refractivity contribution is -0.386. The van der Waals surface area contributed by atoms with E-state index < -0.39 is 22.7 Å². The van der Waals surface area contributed by atoms with Crippen LogP contribution in [0.4, 0.5) is 10.5 Å². The van der Waals surface area contributed by atoms with Crippen molar-refractivity contribution in [1.29, 1.82) is 0 Å². The van der Waals surface area contributed by atoms with Gasteiger partial charge in [-0.05, 0) is 32.9 Å². The van der Waals surface area contributed by atoms with E-state index in [1.54, 1.807) is 20.8 Å². The van der Waals surface area contributed by atoms with Gasteiger partial charge in [-0.15, -0.1) is 0 Å². The van der Waals surface area contributed by atoms with Gasteiger partial charge in [-0.1, -0.05) is 0 Å². The number of phenolic OH excluding ortho intramolecular Hbond substituents is 1. The number of nitro benzene ring substituents is 1. The fourth-order valence-electron chi connectivity index (χ4n) is 2.50. The van der Waals surface area contributed by atoms with Gasteiger partial charge in [-0.2, -0.15) is 0 Å². The molecule has 1 aliphatic heterocycles. The molecule has 0 aliphatic carbocycles. The van der Waals surface area contributed by atoms with Crippen molar-refractivity contribution in [3.8, 4) is 5.75 Å². The van der Waals surface area contributed by atoms with Gasteiger partial charge < -0.3 is 15.2 Å². The number of carbonyl (C=O) groups is 1. The summed E-state index contributed by atoms with van der Waals surface area (Å²) >= 11 is 0. The first-order valence-corrected chi connectivity index (χ1v) is 7.36. The summed E-state index contributed by atoms with van der Waals surface area (Å²) in [5.41, 5.74) is -0.504. The van der Waals surface area contributed by atoms with Crippen LogP contribution in [0.1, 0.15) is 32.4 Å². The predicted molar refractivity (Wildman–Crippen MR) is 83.3 cm³/mol. The lowest BCUT2D eigenvalue weighted by atomic mass is 10.0. The van der Waals surface area contributed by atoms with E-state index in [4.69, 9.17) is 4.74 Å². The van der Waals surface area contributed by atoms with Crippen LogP contribution in [0.15, 0.2) is 18.2 Å². The average Bonchev–Trinajstić information content (AvgIpc) is 2.45. The van der Waals surface area contributed by atoms with Crippen molar-refractivity contribution in [1.82, 2.24) is 10.2 Å². The first-order chi connectivity index (χ1) is 10.7. The molecule has 0 radical (unpaired) electrons. The molecule has 1 fully saturated rings. The molecule has 1 unspecified atom stereocenters. The highest BCUT2D eigenvalue weighted by atomic mass is 16.6. The second-order valence-corrected chi connectivity index (χ2v) is 6.39. The molecule has 0 aromatic heterocycles. The minimum Gasteiger partial charge on any atom is -0.508 e. The van der Waals surface area contributed by atoms with Crippen LogP contribution in [0.5, 0.6) is 5.75 Å². The highest BCUT2D eigenvalue weighted by Crippen LogP contribution is 2.33. The molecule has 0 spiro atoms. The van der Waals surface area contributed by atoms with E-state index in [1.165, 1.54) is 23.1 Å². The number of phenols is 1. The monoisotopic (exact) mass is 323 g/mol. The van der Waals surface area contributed by atoms with Gasteiger partial charge in [0.05, 0.1) is 16.5 Å². The standard InChI is InChI=1S/C15H21N3O5/c1-15(2,3)23-14(20)17-7-6-16-9-13(17)11-8-10(19)4-5-12(11)18(21)22/h4-5,8,13,16,19H,6-7,9H2,1-3H3. The van der Waals surface area contributed by atoms with E-state index in [9.17, 15) is 20.0 Å². The van der Waals surface area contributed by atoms with Crippen LogP contribution in [0.2, 0.25) is 0 Å². The minimum atomic E-state index is -0.655. The van der Waals surface area contributed by atoms with Crippen molar-refractivity contribution >= 4 is 11.8 Å². The molecule has 2 N–H and O–H groups in total. The van der Waals surface area contributed by atoms with Crippen molar-refractivity contribution in [2.45, 2.75) is 32.4 Å². The fraction of sp³-hybridized carbons (Fsp3) is 0.533. The van der Waals surface area contributed by atoms with Gasteiger partial charge in [0, 0.05) is 25.7 Å². The molecular weight excluding hydrogens is 302 g/mol. The van der Waals surface area contributed by atoms with Gasteiger partial charge >= 0.3 is 6.09 Å². The molecule has 1 aromatic carbocycles. The summed E-state index contributed by atoms with van der Waals surface area (Å²) in [7, 11) is 0. The maximum atomic E-state index is 12.4. The Bertz CT molecular complexity index is 612. The number of hydrogen-bond acceptors (Lipinski definition) is 6. The number of nitrogens with one attached hydrogen (secondary N) is 1. The average molecular weight is 323 g/mol. The Labute approximate surface area is 134 Å². The van der Waals surface area contributed by atoms with E-state index >= 15 is 0 Å². The van der Waals surface area contributed by atoms with Crippen molar-refractivity contribution in [2.24, 2.45) is 0 Å². The molecule has 1 atom stereocenters. The molecule has 8 nitrogen and oxygen atoms in total. The van der Waals surface area contributed by atoms with Crippen LogP contribution in [0.3, 0.4) is 0 Å². The Hall–Kier alpha value is -2.35. The summed E-state index contributed by atoms with van der Waals surface area (Å²) in [4.78, 5) is 24.6. The van der Waals surface area contributed by atoms with Crippen LogP contribution >= 0.6 is 0 Å². The molecule has 0 bridgehead atoms. The van der Waals surface area contributed by atoms with Crippen LogP contribution < -0.4 is 5.32 Å². The normalized spacial score (nSPS) is 18.6. The number of aromatic hydroxyl groups is 1. The molecule has 1 heterocycles. The Morgan fingerprint density at radius 2 is 2.17 bits per heavy atom. The van der Waals surface area contributed by atoms with Crippen molar-refractivity contribution < 1.29 is 19.6 Å². The number of carbonyl (C=O) groups excluding carboxylic acids is 1. The number of nitro groups is 1. The number of hydrogen-bond donors (Lipinski definition) is 2. The molecule has 8 heteroatoms. The first-order valence-electron chi connectivity index (χ1n) is 7.36. The lowest BCUT2D eigenvalue weighted by Gasteiger charge is -2.37. The fourth-order valence-corrected chi connectivity index (χ4v) is 2.50. The summed E-state index contributed by atoms with van der Waals surface area (Å²) < 4.78 is 5.39. The SMILES string of the molecule is CC(C)(C)OC(=O)N1CCNCC1c1cc(O)ccc1[N+](=O)[O-]. The quantitative estimate of drug-likeness (QED) is 0.638. The lowest BCUT2D eigenvalue weighted by Crippen LogP contribution is -2.50. The second-order valence-electron chi connectivity index (χ2n) is 6.39. The highest BCUT2D eigenvalue weighted by molar-refractivity contribution is 5.69. The van der Waals surface area contributed by atoms with E-state index in [1.807, 2.05) is 0 Å². The third-order valence-electron chi connectivity index (χ3n) is 3.44. The van der Waals surface area contributed by atoms with Gasteiger partial charge in [0.15, 0.2) is 0 Å². The number of piperazine rings is 1. The Morgan fingerprint density at radius 1 is 1.48 bits per heavy atom. The van der Waals surface area contributed by atoms with E-state index in [0.717, 1.165) is 0 Å². The molecular formula is C15H21N3O5. The maximum Gasteiger partial charge on any atom is 0.410 e. The summed E-state index contributed by atoms with van der Waals surface area (Å²) in [6.45, 7) is 6.58. The van der Waals surface area contributed by atoms with Gasteiger partial charge in [-0.25, -0.2) is 4.79 Å². The molecule has 1 saturated heterocycles. The molecule has 1 amide bonds. The van der Waals surface area contributed by atoms with Crippen LogP contribution in [0, 0.1) is 10.1 Å². The Balaban J connectivity index is 2.37. The minimum absolute atomic E-state index is 0.0830. The number of benzene rings is 1. The number of ether oxygens (including phenoxy) is 1. The van der Waals surface area contributed by atoms with Gasteiger partial charge in [0.1, 0.15) is 11.4 Å². The zero-order chi connectivity index (χ0) is 17.2. The maximum absolute atomic E-state index is 12.4. The highest BCUT2D eigenvalue weighted by Gasteiger charge is 2.35. The molecule has 2 rings (SSSR count). The topological polar surface area (TPSA) is 105 Å². The second kappa shape index (κ2) is 6.41. The Kier molecular flexibility index (Phi) is 4.74. The van der Waals surface area contributed by atoms with Gasteiger partial charge in [-0.3, -0.25) is 15.0 Å². The zero-order valence-corrected chi connectivity index (χ0v) is 13.4. The summed E-state index contributed by atoms with van der Waals surface area (Å²) in [6.07, 6.45) is -0.526. The third kappa shape index (κ3) is 4.10. The molecule has 1 aromatic rings. The Morgan fingerprint density at radius 3 is 2.78 bits per heavy atom. The predicted octanol–water partition coefficient (Wildman–Crippen LogP) is 2.18. The summed E-state index contributed by atoms with van der Waals surface area (Å²) in [5, 5.41) is 24.0. The van der Waals surface area contributed by atoms with Crippen LogP contribution in [-0.2, 0) is 4.74 Å². The van der Waals surface area contributed by atoms with Gasteiger partial charge in [0.25, 0.3) is 5.69 Å². The van der Waals surface area contributed by atoms with E-state index in [-0.39, 0.29) is 17.0 Å². The number of rotatable bonds is 2. The number of nitrogens with zero attached hydrogens (tertiary/aromatic N) is 2. The first kappa shape index (κ1) is 17.0. The smallest absolute Gasteiger partial charge is 0.410 e. The number of amides is 1. The van der Waals surface area contributed by atoms with E-state index in [0.29, 0.717) is 19.6 Å². The largest absolute Gasteiger partial charge is 0.508 e. The van der Waals surface area contributed by atoms with Crippen molar-refractivity contribution in [2.75, 3.05) is 19.6 Å².